The third-order valence-corrected chi connectivity index (χ3v) is 4.47. The topological polar surface area (TPSA) is 32.3 Å². The second-order valence-corrected chi connectivity index (χ2v) is 6.15. The Morgan fingerprint density at radius 1 is 1.00 bits per heavy atom. The fourth-order valence-corrected chi connectivity index (χ4v) is 2.98. The first-order chi connectivity index (χ1) is 10.2. The second-order valence-electron chi connectivity index (χ2n) is 6.15. The summed E-state index contributed by atoms with van der Waals surface area (Å²) in [6.07, 6.45) is 3.52. The molecular formula is C19H23NO. The molecule has 0 bridgehead atoms. The highest BCUT2D eigenvalue weighted by molar-refractivity contribution is 5.27. The minimum absolute atomic E-state index is 0.339. The van der Waals surface area contributed by atoms with Crippen LogP contribution in [0.2, 0.25) is 0 Å². The fourth-order valence-electron chi connectivity index (χ4n) is 2.98. The molecule has 2 aromatic rings. The first-order valence-corrected chi connectivity index (χ1v) is 7.78. The molecule has 3 rings (SSSR count). The SMILES string of the molecule is Cc1ccc(C2CC(NCCc3ccc(O)cc3)C2)cc1. The first kappa shape index (κ1) is 14.2. The van der Waals surface area contributed by atoms with Crippen molar-refractivity contribution in [3.63, 3.8) is 0 Å². The van der Waals surface area contributed by atoms with Gasteiger partial charge < -0.3 is 10.4 Å². The van der Waals surface area contributed by atoms with Crippen molar-refractivity contribution in [2.24, 2.45) is 0 Å². The Hall–Kier alpha value is -1.80. The summed E-state index contributed by atoms with van der Waals surface area (Å²) in [4.78, 5) is 0. The van der Waals surface area contributed by atoms with Crippen LogP contribution in [0.15, 0.2) is 48.5 Å². The maximum absolute atomic E-state index is 9.26. The van der Waals surface area contributed by atoms with Crippen LogP contribution in [-0.4, -0.2) is 17.7 Å². The van der Waals surface area contributed by atoms with Crippen molar-refractivity contribution in [1.29, 1.82) is 0 Å². The molecule has 0 aliphatic heterocycles. The number of rotatable bonds is 5. The molecule has 2 nitrogen and oxygen atoms in total. The van der Waals surface area contributed by atoms with Crippen molar-refractivity contribution < 1.29 is 5.11 Å². The number of aryl methyl sites for hydroxylation is 1. The minimum atomic E-state index is 0.339. The van der Waals surface area contributed by atoms with Crippen LogP contribution in [0.25, 0.3) is 0 Å². The Morgan fingerprint density at radius 2 is 1.67 bits per heavy atom. The summed E-state index contributed by atoms with van der Waals surface area (Å²) in [6, 6.07) is 17.1. The zero-order valence-electron chi connectivity index (χ0n) is 12.5. The molecule has 0 aromatic heterocycles. The van der Waals surface area contributed by atoms with Gasteiger partial charge in [-0.25, -0.2) is 0 Å². The Labute approximate surface area is 126 Å². The van der Waals surface area contributed by atoms with E-state index in [1.54, 1.807) is 12.1 Å². The number of nitrogens with one attached hydrogen (secondary N) is 1. The van der Waals surface area contributed by atoms with Crippen LogP contribution < -0.4 is 5.32 Å². The van der Waals surface area contributed by atoms with Crippen molar-refractivity contribution in [1.82, 2.24) is 5.32 Å². The average molecular weight is 281 g/mol. The molecule has 21 heavy (non-hydrogen) atoms. The van der Waals surface area contributed by atoms with Crippen LogP contribution in [0.1, 0.15) is 35.4 Å². The fraction of sp³-hybridized carbons (Fsp3) is 0.368. The number of phenolic OH excluding ortho intramolecular Hbond substituents is 1. The molecule has 1 fully saturated rings. The van der Waals surface area contributed by atoms with Crippen LogP contribution in [0.3, 0.4) is 0 Å². The van der Waals surface area contributed by atoms with Crippen LogP contribution in [0, 0.1) is 6.92 Å². The van der Waals surface area contributed by atoms with Crippen LogP contribution in [0.4, 0.5) is 0 Å². The van der Waals surface area contributed by atoms with E-state index in [0.29, 0.717) is 11.8 Å². The average Bonchev–Trinajstić information content (AvgIpc) is 2.45. The molecule has 2 heteroatoms. The summed E-state index contributed by atoms with van der Waals surface area (Å²) in [5.41, 5.74) is 4.09. The molecule has 1 aliphatic rings. The molecule has 2 aromatic carbocycles. The highest BCUT2D eigenvalue weighted by atomic mass is 16.3. The molecule has 0 atom stereocenters. The molecular weight excluding hydrogens is 258 g/mol. The van der Waals surface area contributed by atoms with Gasteiger partial charge in [0.25, 0.3) is 0 Å². The Kier molecular flexibility index (Phi) is 4.26. The summed E-state index contributed by atoms with van der Waals surface area (Å²) in [7, 11) is 0. The maximum atomic E-state index is 9.26. The molecule has 2 N–H and O–H groups in total. The number of aromatic hydroxyl groups is 1. The van der Waals surface area contributed by atoms with E-state index in [9.17, 15) is 5.11 Å². The van der Waals surface area contributed by atoms with Gasteiger partial charge in [0.2, 0.25) is 0 Å². The van der Waals surface area contributed by atoms with E-state index in [2.05, 4.69) is 36.5 Å². The van der Waals surface area contributed by atoms with Crippen LogP contribution in [0.5, 0.6) is 5.75 Å². The van der Waals surface area contributed by atoms with Crippen molar-refractivity contribution in [3.05, 3.63) is 65.2 Å². The molecule has 1 aliphatic carbocycles. The summed E-state index contributed by atoms with van der Waals surface area (Å²) in [6.45, 7) is 3.15. The quantitative estimate of drug-likeness (QED) is 0.874. The molecule has 0 radical (unpaired) electrons. The number of hydrogen-bond donors (Lipinski definition) is 2. The lowest BCUT2D eigenvalue weighted by molar-refractivity contribution is 0.293. The van der Waals surface area contributed by atoms with Gasteiger partial charge in [-0.05, 0) is 61.9 Å². The molecule has 110 valence electrons. The smallest absolute Gasteiger partial charge is 0.115 e. The third-order valence-electron chi connectivity index (χ3n) is 4.47. The van der Waals surface area contributed by atoms with E-state index < -0.39 is 0 Å². The first-order valence-electron chi connectivity index (χ1n) is 7.78. The number of hydrogen-bond acceptors (Lipinski definition) is 2. The minimum Gasteiger partial charge on any atom is -0.508 e. The number of phenols is 1. The van der Waals surface area contributed by atoms with E-state index in [1.807, 2.05) is 12.1 Å². The summed E-state index contributed by atoms with van der Waals surface area (Å²) < 4.78 is 0. The molecule has 0 heterocycles. The van der Waals surface area contributed by atoms with Gasteiger partial charge in [0, 0.05) is 6.04 Å². The Bertz CT molecular complexity index is 568. The van der Waals surface area contributed by atoms with Crippen molar-refractivity contribution in [2.75, 3.05) is 6.54 Å². The summed E-state index contributed by atoms with van der Waals surface area (Å²) >= 11 is 0. The largest absolute Gasteiger partial charge is 0.508 e. The van der Waals surface area contributed by atoms with Gasteiger partial charge in [0.05, 0.1) is 0 Å². The summed E-state index contributed by atoms with van der Waals surface area (Å²) in [5.74, 6) is 1.07. The molecule has 0 spiro atoms. The Balaban J connectivity index is 1.39. The van der Waals surface area contributed by atoms with Gasteiger partial charge in [0.15, 0.2) is 0 Å². The van der Waals surface area contributed by atoms with Gasteiger partial charge in [-0.1, -0.05) is 42.0 Å². The Morgan fingerprint density at radius 3 is 2.33 bits per heavy atom. The van der Waals surface area contributed by atoms with E-state index in [-0.39, 0.29) is 0 Å². The standard InChI is InChI=1S/C19H23NO/c1-14-2-6-16(7-3-14)17-12-18(13-17)20-11-10-15-4-8-19(21)9-5-15/h2-9,17-18,20-21H,10-13H2,1H3. The van der Waals surface area contributed by atoms with Crippen molar-refractivity contribution in [3.8, 4) is 5.75 Å². The van der Waals surface area contributed by atoms with Crippen LogP contribution >= 0.6 is 0 Å². The third kappa shape index (κ3) is 3.64. The lowest BCUT2D eigenvalue weighted by atomic mass is 9.75. The summed E-state index contributed by atoms with van der Waals surface area (Å²) in [5, 5.41) is 12.9. The van der Waals surface area contributed by atoms with Gasteiger partial charge in [-0.15, -0.1) is 0 Å². The maximum Gasteiger partial charge on any atom is 0.115 e. The van der Waals surface area contributed by atoms with Gasteiger partial charge >= 0.3 is 0 Å². The predicted octanol–water partition coefficient (Wildman–Crippen LogP) is 3.78. The molecule has 0 unspecified atom stereocenters. The van der Waals surface area contributed by atoms with Crippen molar-refractivity contribution >= 4 is 0 Å². The van der Waals surface area contributed by atoms with E-state index in [0.717, 1.165) is 18.9 Å². The molecule has 0 amide bonds. The highest BCUT2D eigenvalue weighted by Crippen LogP contribution is 2.36. The second kappa shape index (κ2) is 6.31. The van der Waals surface area contributed by atoms with Gasteiger partial charge in [-0.2, -0.15) is 0 Å². The molecule has 0 saturated heterocycles. The van der Waals surface area contributed by atoms with E-state index in [4.69, 9.17) is 0 Å². The monoisotopic (exact) mass is 281 g/mol. The normalized spacial score (nSPS) is 21.0. The van der Waals surface area contributed by atoms with Crippen LogP contribution in [-0.2, 0) is 6.42 Å². The van der Waals surface area contributed by atoms with E-state index in [1.165, 1.54) is 29.5 Å². The number of benzene rings is 2. The van der Waals surface area contributed by atoms with Gasteiger partial charge in [0.1, 0.15) is 5.75 Å². The zero-order chi connectivity index (χ0) is 14.7. The predicted molar refractivity (Wildman–Crippen MR) is 86.8 cm³/mol. The van der Waals surface area contributed by atoms with Gasteiger partial charge in [-0.3, -0.25) is 0 Å². The van der Waals surface area contributed by atoms with E-state index >= 15 is 0 Å². The molecule has 1 saturated carbocycles. The lowest BCUT2D eigenvalue weighted by Crippen LogP contribution is -2.40. The lowest BCUT2D eigenvalue weighted by Gasteiger charge is -2.36. The highest BCUT2D eigenvalue weighted by Gasteiger charge is 2.29. The zero-order valence-corrected chi connectivity index (χ0v) is 12.5. The van der Waals surface area contributed by atoms with Crippen molar-refractivity contribution in [2.45, 2.75) is 38.1 Å².